The number of hydrogen-bond acceptors (Lipinski definition) is 5. The lowest BCUT2D eigenvalue weighted by atomic mass is 10.2. The third-order valence-electron chi connectivity index (χ3n) is 3.93. The molecule has 7 nitrogen and oxygen atoms in total. The van der Waals surface area contributed by atoms with Gasteiger partial charge < -0.3 is 10.1 Å². The van der Waals surface area contributed by atoms with E-state index in [0.29, 0.717) is 29.8 Å². The first-order valence-corrected chi connectivity index (χ1v) is 8.16. The molecule has 0 radical (unpaired) electrons. The molecule has 25 heavy (non-hydrogen) atoms. The van der Waals surface area contributed by atoms with Crippen molar-refractivity contribution in [2.75, 3.05) is 5.32 Å². The van der Waals surface area contributed by atoms with Crippen molar-refractivity contribution < 1.29 is 9.53 Å². The fourth-order valence-corrected chi connectivity index (χ4v) is 2.42. The molecule has 2 heterocycles. The number of nitrogens with one attached hydrogen (secondary N) is 1. The SMILES string of the molecule is O=C(CC1CC1)Nc1ccc(Oc2ccc(-n3ccnc3)nn2)cc1. The Bertz CT molecular complexity index is 840. The highest BCUT2D eigenvalue weighted by Crippen LogP contribution is 2.32. The van der Waals surface area contributed by atoms with Crippen LogP contribution in [0.5, 0.6) is 11.6 Å². The molecule has 0 saturated heterocycles. The number of ether oxygens (including phenoxy) is 1. The zero-order chi connectivity index (χ0) is 17.1. The van der Waals surface area contributed by atoms with Crippen LogP contribution in [0.25, 0.3) is 5.82 Å². The van der Waals surface area contributed by atoms with Gasteiger partial charge in [-0.1, -0.05) is 0 Å². The van der Waals surface area contributed by atoms with Gasteiger partial charge in [0.15, 0.2) is 5.82 Å². The summed E-state index contributed by atoms with van der Waals surface area (Å²) in [5.74, 6) is 2.33. The molecule has 1 aliphatic carbocycles. The van der Waals surface area contributed by atoms with Crippen LogP contribution >= 0.6 is 0 Å². The number of rotatable bonds is 6. The minimum absolute atomic E-state index is 0.0668. The Balaban J connectivity index is 1.36. The Hall–Kier alpha value is -3.22. The van der Waals surface area contributed by atoms with Crippen molar-refractivity contribution in [2.24, 2.45) is 5.92 Å². The van der Waals surface area contributed by atoms with Crippen molar-refractivity contribution in [3.8, 4) is 17.4 Å². The molecule has 1 N–H and O–H groups in total. The van der Waals surface area contributed by atoms with Crippen LogP contribution in [-0.4, -0.2) is 25.7 Å². The average molecular weight is 335 g/mol. The predicted octanol–water partition coefficient (Wildman–Crippen LogP) is 3.19. The van der Waals surface area contributed by atoms with Gasteiger partial charge in [-0.25, -0.2) is 4.98 Å². The number of carbonyl (C=O) groups is 1. The summed E-state index contributed by atoms with van der Waals surface area (Å²) in [6.07, 6.45) is 8.07. The van der Waals surface area contributed by atoms with E-state index in [0.717, 1.165) is 5.69 Å². The van der Waals surface area contributed by atoms with E-state index in [1.54, 1.807) is 47.6 Å². The third kappa shape index (κ3) is 4.00. The molecule has 0 aliphatic heterocycles. The number of hydrogen-bond donors (Lipinski definition) is 1. The van der Waals surface area contributed by atoms with Crippen molar-refractivity contribution in [3.05, 3.63) is 55.1 Å². The molecule has 0 spiro atoms. The quantitative estimate of drug-likeness (QED) is 0.748. The second kappa shape index (κ2) is 6.72. The zero-order valence-corrected chi connectivity index (χ0v) is 13.5. The first-order valence-electron chi connectivity index (χ1n) is 8.16. The van der Waals surface area contributed by atoms with E-state index < -0.39 is 0 Å². The van der Waals surface area contributed by atoms with Crippen molar-refractivity contribution in [2.45, 2.75) is 19.3 Å². The summed E-state index contributed by atoms with van der Waals surface area (Å²) in [6.45, 7) is 0. The molecule has 126 valence electrons. The van der Waals surface area contributed by atoms with Crippen LogP contribution in [0.15, 0.2) is 55.1 Å². The number of benzene rings is 1. The van der Waals surface area contributed by atoms with Gasteiger partial charge in [-0.3, -0.25) is 9.36 Å². The maximum absolute atomic E-state index is 11.8. The summed E-state index contributed by atoms with van der Waals surface area (Å²) < 4.78 is 7.43. The normalized spacial score (nSPS) is 13.4. The van der Waals surface area contributed by atoms with Crippen LogP contribution in [0, 0.1) is 5.92 Å². The molecule has 1 fully saturated rings. The van der Waals surface area contributed by atoms with Crippen molar-refractivity contribution in [3.63, 3.8) is 0 Å². The van der Waals surface area contributed by atoms with E-state index in [1.807, 2.05) is 12.1 Å². The van der Waals surface area contributed by atoms with Gasteiger partial charge in [-0.05, 0) is 49.1 Å². The van der Waals surface area contributed by atoms with E-state index in [1.165, 1.54) is 12.8 Å². The Labute approximate surface area is 144 Å². The summed E-state index contributed by atoms with van der Waals surface area (Å²) in [7, 11) is 0. The molecule has 2 aromatic heterocycles. The largest absolute Gasteiger partial charge is 0.438 e. The Morgan fingerprint density at radius 3 is 2.64 bits per heavy atom. The van der Waals surface area contributed by atoms with Gasteiger partial charge in [0.1, 0.15) is 12.1 Å². The highest BCUT2D eigenvalue weighted by molar-refractivity contribution is 5.91. The topological polar surface area (TPSA) is 81.9 Å². The molecular formula is C18H17N5O2. The Morgan fingerprint density at radius 1 is 1.16 bits per heavy atom. The highest BCUT2D eigenvalue weighted by atomic mass is 16.5. The number of nitrogens with zero attached hydrogens (tertiary/aromatic N) is 4. The van der Waals surface area contributed by atoms with Crippen LogP contribution in [0.3, 0.4) is 0 Å². The second-order valence-corrected chi connectivity index (χ2v) is 6.02. The molecule has 0 unspecified atom stereocenters. The summed E-state index contributed by atoms with van der Waals surface area (Å²) in [5, 5.41) is 11.0. The molecule has 4 rings (SSSR count). The number of carbonyl (C=O) groups excluding carboxylic acids is 1. The van der Waals surface area contributed by atoms with E-state index >= 15 is 0 Å². The number of amides is 1. The number of anilines is 1. The monoisotopic (exact) mass is 335 g/mol. The highest BCUT2D eigenvalue weighted by Gasteiger charge is 2.24. The fraction of sp³-hybridized carbons (Fsp3) is 0.222. The standard InChI is InChI=1S/C18H17N5O2/c24-17(11-13-1-2-13)20-14-3-5-15(6-4-14)25-18-8-7-16(21-22-18)23-10-9-19-12-23/h3-10,12-13H,1-2,11H2,(H,20,24). The molecule has 3 aromatic rings. The van der Waals surface area contributed by atoms with E-state index in [2.05, 4.69) is 20.5 Å². The van der Waals surface area contributed by atoms with Crippen LogP contribution < -0.4 is 10.1 Å². The van der Waals surface area contributed by atoms with Gasteiger partial charge in [-0.15, -0.1) is 10.2 Å². The molecule has 7 heteroatoms. The minimum atomic E-state index is 0.0668. The van der Waals surface area contributed by atoms with Gasteiger partial charge in [-0.2, -0.15) is 0 Å². The van der Waals surface area contributed by atoms with Crippen molar-refractivity contribution >= 4 is 11.6 Å². The van der Waals surface area contributed by atoms with E-state index in [4.69, 9.17) is 4.74 Å². The first-order chi connectivity index (χ1) is 12.3. The minimum Gasteiger partial charge on any atom is -0.438 e. The zero-order valence-electron chi connectivity index (χ0n) is 13.5. The average Bonchev–Trinajstić information content (AvgIpc) is 3.26. The van der Waals surface area contributed by atoms with Gasteiger partial charge in [0.2, 0.25) is 11.8 Å². The van der Waals surface area contributed by atoms with Gasteiger partial charge in [0, 0.05) is 30.6 Å². The van der Waals surface area contributed by atoms with Gasteiger partial charge in [0.25, 0.3) is 0 Å². The molecule has 1 saturated carbocycles. The third-order valence-corrected chi connectivity index (χ3v) is 3.93. The fourth-order valence-electron chi connectivity index (χ4n) is 2.42. The van der Waals surface area contributed by atoms with Crippen molar-refractivity contribution in [1.29, 1.82) is 0 Å². The summed E-state index contributed by atoms with van der Waals surface area (Å²) >= 11 is 0. The molecule has 1 aromatic carbocycles. The van der Waals surface area contributed by atoms with Crippen molar-refractivity contribution in [1.82, 2.24) is 19.7 Å². The smallest absolute Gasteiger partial charge is 0.238 e. The maximum Gasteiger partial charge on any atom is 0.238 e. The van der Waals surface area contributed by atoms with Gasteiger partial charge in [0.05, 0.1) is 0 Å². The lowest BCUT2D eigenvalue weighted by Crippen LogP contribution is -2.11. The van der Waals surface area contributed by atoms with Gasteiger partial charge >= 0.3 is 0 Å². The van der Waals surface area contributed by atoms with Crippen LogP contribution in [0.1, 0.15) is 19.3 Å². The summed E-state index contributed by atoms with van der Waals surface area (Å²) in [4.78, 5) is 15.8. The summed E-state index contributed by atoms with van der Waals surface area (Å²) in [6, 6.07) is 10.8. The molecule has 0 bridgehead atoms. The Morgan fingerprint density at radius 2 is 2.00 bits per heavy atom. The molecular weight excluding hydrogens is 318 g/mol. The lowest BCUT2D eigenvalue weighted by molar-refractivity contribution is -0.116. The van der Waals surface area contributed by atoms with Crippen LogP contribution in [-0.2, 0) is 4.79 Å². The second-order valence-electron chi connectivity index (χ2n) is 6.02. The first kappa shape index (κ1) is 15.3. The maximum atomic E-state index is 11.8. The molecule has 1 aliphatic rings. The molecule has 0 atom stereocenters. The molecule has 1 amide bonds. The predicted molar refractivity (Wildman–Crippen MR) is 91.6 cm³/mol. The Kier molecular flexibility index (Phi) is 4.12. The summed E-state index contributed by atoms with van der Waals surface area (Å²) in [5.41, 5.74) is 0.763. The number of aromatic nitrogens is 4. The number of imidazole rings is 1. The lowest BCUT2D eigenvalue weighted by Gasteiger charge is -2.07. The van der Waals surface area contributed by atoms with Crippen LogP contribution in [0.4, 0.5) is 5.69 Å². The van der Waals surface area contributed by atoms with E-state index in [-0.39, 0.29) is 5.91 Å². The van der Waals surface area contributed by atoms with Crippen LogP contribution in [0.2, 0.25) is 0 Å². The van der Waals surface area contributed by atoms with E-state index in [9.17, 15) is 4.79 Å².